The molecule has 0 bridgehead atoms. The first kappa shape index (κ1) is 14.5. The Bertz CT molecular complexity index is 378. The number of nitrogens with two attached hydrogens (primary N) is 1. The highest BCUT2D eigenvalue weighted by Crippen LogP contribution is 2.19. The van der Waals surface area contributed by atoms with Gasteiger partial charge in [-0.15, -0.1) is 0 Å². The zero-order valence-corrected chi connectivity index (χ0v) is 12.0. The highest BCUT2D eigenvalue weighted by atomic mass is 79.9. The second kappa shape index (κ2) is 6.99. The summed E-state index contributed by atoms with van der Waals surface area (Å²) in [5, 5.41) is 3.43. The summed E-state index contributed by atoms with van der Waals surface area (Å²) in [6.07, 6.45) is 1.87. The predicted octanol–water partition coefficient (Wildman–Crippen LogP) is 2.96. The maximum Gasteiger partial charge on any atom is 0.251 e. The number of benzene rings is 1. The minimum Gasteiger partial charge on any atom is -0.348 e. The first-order chi connectivity index (χ1) is 8.06. The fourth-order valence-corrected chi connectivity index (χ4v) is 2.41. The number of carbonyl (C=O) groups is 1. The van der Waals surface area contributed by atoms with Gasteiger partial charge in [-0.2, -0.15) is 0 Å². The maximum atomic E-state index is 11.9. The molecule has 0 aliphatic rings. The van der Waals surface area contributed by atoms with Crippen molar-refractivity contribution in [2.75, 3.05) is 6.54 Å². The Kier molecular flexibility index (Phi) is 5.95. The van der Waals surface area contributed by atoms with E-state index in [1.54, 1.807) is 18.2 Å². The van der Waals surface area contributed by atoms with E-state index in [4.69, 9.17) is 17.3 Å². The Morgan fingerprint density at radius 1 is 1.53 bits per heavy atom. The molecule has 0 aliphatic carbocycles. The normalized spacial score (nSPS) is 12.2. The van der Waals surface area contributed by atoms with Gasteiger partial charge in [-0.25, -0.2) is 0 Å². The molecule has 0 aromatic heterocycles. The average Bonchev–Trinajstić information content (AvgIpc) is 2.27. The van der Waals surface area contributed by atoms with Crippen molar-refractivity contribution in [3.8, 4) is 0 Å². The Hall–Kier alpha value is -0.580. The zero-order valence-electron chi connectivity index (χ0n) is 9.67. The highest BCUT2D eigenvalue weighted by Gasteiger charge is 2.12. The van der Waals surface area contributed by atoms with Crippen LogP contribution in [0.1, 0.15) is 30.1 Å². The summed E-state index contributed by atoms with van der Waals surface area (Å²) in [6.45, 7) is 2.51. The predicted molar refractivity (Wildman–Crippen MR) is 74.4 cm³/mol. The molecule has 3 N–H and O–H groups in total. The van der Waals surface area contributed by atoms with Gasteiger partial charge in [0.05, 0.1) is 0 Å². The lowest BCUT2D eigenvalue weighted by atomic mass is 10.1. The molecule has 0 fully saturated rings. The summed E-state index contributed by atoms with van der Waals surface area (Å²) in [7, 11) is 0. The van der Waals surface area contributed by atoms with Gasteiger partial charge in [0.2, 0.25) is 0 Å². The van der Waals surface area contributed by atoms with Gasteiger partial charge in [0.25, 0.3) is 5.91 Å². The summed E-state index contributed by atoms with van der Waals surface area (Å²) in [4.78, 5) is 11.9. The number of hydrogen-bond donors (Lipinski definition) is 2. The Balaban J connectivity index is 2.75. The number of amides is 1. The molecule has 0 radical (unpaired) electrons. The number of hydrogen-bond acceptors (Lipinski definition) is 2. The lowest BCUT2D eigenvalue weighted by Crippen LogP contribution is -2.40. The average molecular weight is 320 g/mol. The van der Waals surface area contributed by atoms with Crippen LogP contribution in [0.3, 0.4) is 0 Å². The summed E-state index contributed by atoms with van der Waals surface area (Å²) in [6, 6.07) is 5.14. The van der Waals surface area contributed by atoms with Crippen molar-refractivity contribution in [1.29, 1.82) is 0 Å². The largest absolute Gasteiger partial charge is 0.348 e. The molecule has 0 heterocycles. The van der Waals surface area contributed by atoms with E-state index in [1.165, 1.54) is 0 Å². The topological polar surface area (TPSA) is 55.1 Å². The van der Waals surface area contributed by atoms with Crippen molar-refractivity contribution in [1.82, 2.24) is 5.32 Å². The maximum absolute atomic E-state index is 11.9. The van der Waals surface area contributed by atoms with Crippen molar-refractivity contribution < 1.29 is 4.79 Å². The molecule has 3 nitrogen and oxygen atoms in total. The van der Waals surface area contributed by atoms with Gasteiger partial charge in [0, 0.05) is 27.6 Å². The zero-order chi connectivity index (χ0) is 12.8. The molecule has 17 heavy (non-hydrogen) atoms. The van der Waals surface area contributed by atoms with Crippen LogP contribution < -0.4 is 11.1 Å². The second-order valence-electron chi connectivity index (χ2n) is 3.85. The van der Waals surface area contributed by atoms with Gasteiger partial charge in [-0.05, 0) is 24.6 Å². The third kappa shape index (κ3) is 4.66. The van der Waals surface area contributed by atoms with Crippen molar-refractivity contribution in [2.24, 2.45) is 5.73 Å². The highest BCUT2D eigenvalue weighted by molar-refractivity contribution is 9.10. The van der Waals surface area contributed by atoms with E-state index in [1.807, 2.05) is 0 Å². The molecule has 0 saturated carbocycles. The fraction of sp³-hybridized carbons (Fsp3) is 0.417. The molecule has 0 spiro atoms. The monoisotopic (exact) mass is 318 g/mol. The molecule has 1 aromatic carbocycles. The number of rotatable bonds is 5. The van der Waals surface area contributed by atoms with Crippen molar-refractivity contribution in [3.63, 3.8) is 0 Å². The quantitative estimate of drug-likeness (QED) is 0.876. The molecule has 1 unspecified atom stereocenters. The van der Waals surface area contributed by atoms with Gasteiger partial charge in [0.1, 0.15) is 0 Å². The Morgan fingerprint density at radius 3 is 2.76 bits per heavy atom. The summed E-state index contributed by atoms with van der Waals surface area (Å²) in [5.74, 6) is -0.142. The van der Waals surface area contributed by atoms with Crippen LogP contribution in [0.15, 0.2) is 22.7 Å². The van der Waals surface area contributed by atoms with Crippen LogP contribution in [-0.2, 0) is 0 Å². The van der Waals surface area contributed by atoms with Crippen LogP contribution in [0.5, 0.6) is 0 Å². The van der Waals surface area contributed by atoms with E-state index < -0.39 is 0 Å². The third-order valence-corrected chi connectivity index (χ3v) is 3.06. The van der Waals surface area contributed by atoms with E-state index in [9.17, 15) is 4.79 Å². The molecule has 1 aromatic rings. The van der Waals surface area contributed by atoms with Crippen LogP contribution in [0.2, 0.25) is 5.02 Å². The Morgan fingerprint density at radius 2 is 2.24 bits per heavy atom. The molecule has 94 valence electrons. The van der Waals surface area contributed by atoms with Crippen molar-refractivity contribution in [2.45, 2.75) is 25.8 Å². The van der Waals surface area contributed by atoms with Crippen LogP contribution in [-0.4, -0.2) is 18.5 Å². The lowest BCUT2D eigenvalue weighted by molar-refractivity contribution is 0.0936. The first-order valence-electron chi connectivity index (χ1n) is 5.53. The van der Waals surface area contributed by atoms with E-state index in [-0.39, 0.29) is 11.9 Å². The molecule has 0 aliphatic heterocycles. The molecule has 1 amide bonds. The minimum absolute atomic E-state index is 0.0188. The second-order valence-corrected chi connectivity index (χ2v) is 5.20. The van der Waals surface area contributed by atoms with Crippen molar-refractivity contribution >= 4 is 33.4 Å². The smallest absolute Gasteiger partial charge is 0.251 e. The van der Waals surface area contributed by atoms with Crippen LogP contribution in [0.4, 0.5) is 0 Å². The lowest BCUT2D eigenvalue weighted by Gasteiger charge is -2.16. The number of halogens is 2. The number of nitrogens with one attached hydrogen (secondary N) is 1. The molecular weight excluding hydrogens is 304 g/mol. The Labute approximate surface area is 115 Å². The van der Waals surface area contributed by atoms with Crippen LogP contribution in [0.25, 0.3) is 0 Å². The summed E-state index contributed by atoms with van der Waals surface area (Å²) in [5.41, 5.74) is 6.14. The first-order valence-corrected chi connectivity index (χ1v) is 6.71. The summed E-state index contributed by atoms with van der Waals surface area (Å²) < 4.78 is 0.787. The molecular formula is C12H16BrClN2O. The molecule has 5 heteroatoms. The molecule has 0 saturated heterocycles. The standard InChI is InChI=1S/C12H16BrClN2O/c1-2-3-11(7-15)16-12(17)8-4-9(13)6-10(14)5-8/h4-6,11H,2-3,7,15H2,1H3,(H,16,17). The number of carbonyl (C=O) groups excluding carboxylic acids is 1. The van der Waals surface area contributed by atoms with E-state index in [2.05, 4.69) is 28.2 Å². The van der Waals surface area contributed by atoms with Crippen molar-refractivity contribution in [3.05, 3.63) is 33.3 Å². The molecule has 1 rings (SSSR count). The van der Waals surface area contributed by atoms with Crippen LogP contribution >= 0.6 is 27.5 Å². The van der Waals surface area contributed by atoms with E-state index >= 15 is 0 Å². The van der Waals surface area contributed by atoms with Gasteiger partial charge >= 0.3 is 0 Å². The van der Waals surface area contributed by atoms with Gasteiger partial charge in [0.15, 0.2) is 0 Å². The summed E-state index contributed by atoms with van der Waals surface area (Å²) >= 11 is 9.20. The third-order valence-electron chi connectivity index (χ3n) is 2.38. The van der Waals surface area contributed by atoms with Crippen LogP contribution in [0, 0.1) is 0 Å². The SMILES string of the molecule is CCCC(CN)NC(=O)c1cc(Cl)cc(Br)c1. The van der Waals surface area contributed by atoms with Gasteiger partial charge < -0.3 is 11.1 Å². The van der Waals surface area contributed by atoms with E-state index in [0.717, 1.165) is 17.3 Å². The molecule has 1 atom stereocenters. The minimum atomic E-state index is -0.142. The fourth-order valence-electron chi connectivity index (χ4n) is 1.55. The van der Waals surface area contributed by atoms with Gasteiger partial charge in [-0.3, -0.25) is 4.79 Å². The van der Waals surface area contributed by atoms with Gasteiger partial charge in [-0.1, -0.05) is 40.9 Å². The van der Waals surface area contributed by atoms with E-state index in [0.29, 0.717) is 17.1 Å².